The monoisotopic (exact) mass is 241 g/mol. The van der Waals surface area contributed by atoms with Gasteiger partial charge in [-0.05, 0) is 13.3 Å². The summed E-state index contributed by atoms with van der Waals surface area (Å²) in [6.07, 6.45) is 4.06. The van der Waals surface area contributed by atoms with Crippen molar-refractivity contribution in [3.8, 4) is 0 Å². The lowest BCUT2D eigenvalue weighted by atomic mass is 10.3. The van der Waals surface area contributed by atoms with E-state index in [9.17, 15) is 14.9 Å². The molecule has 7 heteroatoms. The maximum absolute atomic E-state index is 11.5. The highest BCUT2D eigenvalue weighted by Crippen LogP contribution is 2.13. The predicted octanol–water partition coefficient (Wildman–Crippen LogP) is 1.70. The van der Waals surface area contributed by atoms with Gasteiger partial charge < -0.3 is 4.74 Å². The Kier molecular flexibility index (Phi) is 4.62. The fourth-order valence-electron chi connectivity index (χ4n) is 1.18. The SMILES string of the molecule is CCCCOC(=O)C(C)n1cc([N+](=O)[O-])cn1. The van der Waals surface area contributed by atoms with Crippen LogP contribution >= 0.6 is 0 Å². The molecular weight excluding hydrogens is 226 g/mol. The minimum Gasteiger partial charge on any atom is -0.464 e. The van der Waals surface area contributed by atoms with E-state index >= 15 is 0 Å². The fourth-order valence-corrected chi connectivity index (χ4v) is 1.18. The Morgan fingerprint density at radius 3 is 2.94 bits per heavy atom. The van der Waals surface area contributed by atoms with E-state index in [1.165, 1.54) is 10.9 Å². The van der Waals surface area contributed by atoms with Crippen LogP contribution in [0.3, 0.4) is 0 Å². The van der Waals surface area contributed by atoms with Gasteiger partial charge in [0.25, 0.3) is 0 Å². The number of aromatic nitrogens is 2. The van der Waals surface area contributed by atoms with Crippen molar-refractivity contribution in [1.29, 1.82) is 0 Å². The molecule has 0 saturated heterocycles. The van der Waals surface area contributed by atoms with Crippen molar-refractivity contribution >= 4 is 11.7 Å². The van der Waals surface area contributed by atoms with Crippen molar-refractivity contribution in [2.75, 3.05) is 6.61 Å². The molecule has 0 fully saturated rings. The summed E-state index contributed by atoms with van der Waals surface area (Å²) in [5, 5.41) is 14.2. The summed E-state index contributed by atoms with van der Waals surface area (Å²) in [7, 11) is 0. The van der Waals surface area contributed by atoms with Gasteiger partial charge in [-0.2, -0.15) is 5.10 Å². The Morgan fingerprint density at radius 2 is 2.41 bits per heavy atom. The molecule has 1 aromatic rings. The molecule has 94 valence electrons. The van der Waals surface area contributed by atoms with E-state index in [0.29, 0.717) is 6.61 Å². The predicted molar refractivity (Wildman–Crippen MR) is 59.5 cm³/mol. The van der Waals surface area contributed by atoms with Crippen molar-refractivity contribution < 1.29 is 14.5 Å². The Hall–Kier alpha value is -1.92. The molecule has 0 aliphatic rings. The highest BCUT2D eigenvalue weighted by atomic mass is 16.6. The van der Waals surface area contributed by atoms with Gasteiger partial charge in [0.05, 0.1) is 11.5 Å². The van der Waals surface area contributed by atoms with Gasteiger partial charge in [-0.25, -0.2) is 4.79 Å². The summed E-state index contributed by atoms with van der Waals surface area (Å²) >= 11 is 0. The minimum absolute atomic E-state index is 0.141. The van der Waals surface area contributed by atoms with Gasteiger partial charge in [0.15, 0.2) is 0 Å². The third kappa shape index (κ3) is 3.54. The van der Waals surface area contributed by atoms with Crippen LogP contribution in [0.4, 0.5) is 5.69 Å². The largest absolute Gasteiger partial charge is 0.464 e. The second kappa shape index (κ2) is 5.97. The number of hydrogen-bond acceptors (Lipinski definition) is 5. The topological polar surface area (TPSA) is 87.3 Å². The van der Waals surface area contributed by atoms with Crippen LogP contribution in [0.25, 0.3) is 0 Å². The maximum Gasteiger partial charge on any atom is 0.330 e. The number of carbonyl (C=O) groups is 1. The van der Waals surface area contributed by atoms with Gasteiger partial charge in [-0.3, -0.25) is 14.8 Å². The van der Waals surface area contributed by atoms with Crippen LogP contribution < -0.4 is 0 Å². The number of carbonyl (C=O) groups excluding carboxylic acids is 1. The summed E-state index contributed by atoms with van der Waals surface area (Å²) in [5.41, 5.74) is -0.141. The molecule has 1 atom stereocenters. The molecule has 17 heavy (non-hydrogen) atoms. The molecule has 1 heterocycles. The Bertz CT molecular complexity index is 402. The van der Waals surface area contributed by atoms with Crippen LogP contribution in [-0.2, 0) is 9.53 Å². The van der Waals surface area contributed by atoms with Crippen LogP contribution in [0.5, 0.6) is 0 Å². The first kappa shape index (κ1) is 13.1. The summed E-state index contributed by atoms with van der Waals surface area (Å²) in [6.45, 7) is 3.95. The number of esters is 1. The number of hydrogen-bond donors (Lipinski definition) is 0. The van der Waals surface area contributed by atoms with Gasteiger partial charge in [-0.15, -0.1) is 0 Å². The standard InChI is InChI=1S/C10H15N3O4/c1-3-4-5-17-10(14)8(2)12-7-9(6-11-12)13(15)16/h6-8H,3-5H2,1-2H3. The second-order valence-electron chi connectivity index (χ2n) is 3.63. The summed E-state index contributed by atoms with van der Waals surface area (Å²) in [5.74, 6) is -0.434. The highest BCUT2D eigenvalue weighted by molar-refractivity contribution is 5.73. The molecule has 0 aromatic carbocycles. The first-order chi connectivity index (χ1) is 8.06. The normalized spacial score (nSPS) is 12.1. The molecule has 0 saturated carbocycles. The molecular formula is C10H15N3O4. The number of ether oxygens (including phenoxy) is 1. The van der Waals surface area contributed by atoms with Gasteiger partial charge in [0.2, 0.25) is 0 Å². The Balaban J connectivity index is 2.58. The molecule has 0 aliphatic heterocycles. The van der Waals surface area contributed by atoms with Gasteiger partial charge in [0, 0.05) is 0 Å². The number of unbranched alkanes of at least 4 members (excludes halogenated alkanes) is 1. The van der Waals surface area contributed by atoms with Crippen LogP contribution in [-0.4, -0.2) is 27.3 Å². The number of nitrogens with zero attached hydrogens (tertiary/aromatic N) is 3. The van der Waals surface area contributed by atoms with Crippen molar-refractivity contribution in [3.05, 3.63) is 22.5 Å². The van der Waals surface area contributed by atoms with E-state index in [0.717, 1.165) is 19.0 Å². The number of nitro groups is 1. The van der Waals surface area contributed by atoms with E-state index in [1.54, 1.807) is 6.92 Å². The fraction of sp³-hybridized carbons (Fsp3) is 0.600. The van der Waals surface area contributed by atoms with Crippen LogP contribution in [0, 0.1) is 10.1 Å². The van der Waals surface area contributed by atoms with E-state index in [-0.39, 0.29) is 5.69 Å². The quantitative estimate of drug-likeness (QED) is 0.327. The zero-order valence-corrected chi connectivity index (χ0v) is 9.83. The molecule has 1 aromatic heterocycles. The molecule has 0 spiro atoms. The Morgan fingerprint density at radius 1 is 1.71 bits per heavy atom. The summed E-state index contributed by atoms with van der Waals surface area (Å²) in [4.78, 5) is 21.4. The van der Waals surface area contributed by atoms with Gasteiger partial charge in [0.1, 0.15) is 18.4 Å². The van der Waals surface area contributed by atoms with E-state index < -0.39 is 16.9 Å². The second-order valence-corrected chi connectivity index (χ2v) is 3.63. The van der Waals surface area contributed by atoms with Crippen molar-refractivity contribution in [2.45, 2.75) is 32.7 Å². The molecule has 0 amide bonds. The lowest BCUT2D eigenvalue weighted by Gasteiger charge is -2.10. The van der Waals surface area contributed by atoms with Gasteiger partial charge in [-0.1, -0.05) is 13.3 Å². The molecule has 7 nitrogen and oxygen atoms in total. The van der Waals surface area contributed by atoms with Crippen molar-refractivity contribution in [1.82, 2.24) is 9.78 Å². The first-order valence-electron chi connectivity index (χ1n) is 5.41. The smallest absolute Gasteiger partial charge is 0.330 e. The molecule has 1 unspecified atom stereocenters. The average molecular weight is 241 g/mol. The van der Waals surface area contributed by atoms with E-state index in [2.05, 4.69) is 5.10 Å². The number of rotatable bonds is 6. The summed E-state index contributed by atoms with van der Waals surface area (Å²) in [6, 6.07) is -0.652. The molecule has 0 N–H and O–H groups in total. The van der Waals surface area contributed by atoms with Crippen LogP contribution in [0.15, 0.2) is 12.4 Å². The molecule has 1 rings (SSSR count). The van der Waals surface area contributed by atoms with Gasteiger partial charge >= 0.3 is 11.7 Å². The minimum atomic E-state index is -0.652. The van der Waals surface area contributed by atoms with E-state index in [1.807, 2.05) is 6.92 Å². The van der Waals surface area contributed by atoms with Crippen LogP contribution in [0.2, 0.25) is 0 Å². The molecule has 0 radical (unpaired) electrons. The molecule has 0 aliphatic carbocycles. The average Bonchev–Trinajstić information content (AvgIpc) is 2.77. The lowest BCUT2D eigenvalue weighted by molar-refractivity contribution is -0.385. The zero-order valence-electron chi connectivity index (χ0n) is 9.83. The lowest BCUT2D eigenvalue weighted by Crippen LogP contribution is -2.20. The third-order valence-electron chi connectivity index (χ3n) is 2.28. The van der Waals surface area contributed by atoms with Crippen LogP contribution in [0.1, 0.15) is 32.7 Å². The molecule has 0 bridgehead atoms. The van der Waals surface area contributed by atoms with E-state index in [4.69, 9.17) is 4.74 Å². The first-order valence-corrected chi connectivity index (χ1v) is 5.41. The van der Waals surface area contributed by atoms with Crippen molar-refractivity contribution in [3.63, 3.8) is 0 Å². The third-order valence-corrected chi connectivity index (χ3v) is 2.28. The summed E-state index contributed by atoms with van der Waals surface area (Å²) < 4.78 is 6.23. The van der Waals surface area contributed by atoms with Crippen molar-refractivity contribution in [2.24, 2.45) is 0 Å². The Labute approximate surface area is 98.5 Å². The zero-order chi connectivity index (χ0) is 12.8. The highest BCUT2D eigenvalue weighted by Gasteiger charge is 2.19. The maximum atomic E-state index is 11.5.